The Morgan fingerprint density at radius 1 is 1.50 bits per heavy atom. The molecule has 14 heavy (non-hydrogen) atoms. The molecular formula is C10H11NO3. The number of carbonyl (C=O) groups is 1. The SMILES string of the molecule is CCc1cccc(C(C)=O)c1[N+](=O)[O-]. The molecule has 0 radical (unpaired) electrons. The molecule has 4 heteroatoms. The van der Waals surface area contributed by atoms with Gasteiger partial charge in [0.1, 0.15) is 0 Å². The van der Waals surface area contributed by atoms with Crippen LogP contribution < -0.4 is 0 Å². The van der Waals surface area contributed by atoms with Crippen molar-refractivity contribution in [3.63, 3.8) is 0 Å². The van der Waals surface area contributed by atoms with Crippen molar-refractivity contribution in [2.75, 3.05) is 0 Å². The molecule has 0 bridgehead atoms. The minimum absolute atomic E-state index is 0.0532. The zero-order valence-corrected chi connectivity index (χ0v) is 8.11. The average molecular weight is 193 g/mol. The lowest BCUT2D eigenvalue weighted by Gasteiger charge is -2.03. The molecule has 1 rings (SSSR count). The van der Waals surface area contributed by atoms with Crippen molar-refractivity contribution >= 4 is 11.5 Å². The van der Waals surface area contributed by atoms with E-state index >= 15 is 0 Å². The van der Waals surface area contributed by atoms with Gasteiger partial charge in [0.2, 0.25) is 0 Å². The molecule has 0 N–H and O–H groups in total. The number of nitro benzene ring substituents is 1. The fourth-order valence-corrected chi connectivity index (χ4v) is 1.38. The Hall–Kier alpha value is -1.71. The molecule has 0 aromatic heterocycles. The van der Waals surface area contributed by atoms with Gasteiger partial charge < -0.3 is 0 Å². The van der Waals surface area contributed by atoms with E-state index in [1.165, 1.54) is 13.0 Å². The summed E-state index contributed by atoms with van der Waals surface area (Å²) >= 11 is 0. The molecule has 0 spiro atoms. The molecule has 74 valence electrons. The Morgan fingerprint density at radius 2 is 2.14 bits per heavy atom. The third kappa shape index (κ3) is 1.79. The van der Waals surface area contributed by atoms with Gasteiger partial charge in [0.15, 0.2) is 5.78 Å². The summed E-state index contributed by atoms with van der Waals surface area (Å²) in [6, 6.07) is 4.83. The first-order valence-corrected chi connectivity index (χ1v) is 4.35. The van der Waals surface area contributed by atoms with E-state index in [0.717, 1.165) is 0 Å². The number of para-hydroxylation sites is 1. The summed E-state index contributed by atoms with van der Waals surface area (Å²) in [6.45, 7) is 3.16. The lowest BCUT2D eigenvalue weighted by Crippen LogP contribution is -2.03. The fourth-order valence-electron chi connectivity index (χ4n) is 1.38. The van der Waals surface area contributed by atoms with Crippen LogP contribution in [0.2, 0.25) is 0 Å². The molecule has 4 nitrogen and oxygen atoms in total. The lowest BCUT2D eigenvalue weighted by molar-refractivity contribution is -0.385. The van der Waals surface area contributed by atoms with Crippen molar-refractivity contribution in [2.45, 2.75) is 20.3 Å². The lowest BCUT2D eigenvalue weighted by atomic mass is 10.0. The van der Waals surface area contributed by atoms with Gasteiger partial charge >= 0.3 is 0 Å². The maximum atomic E-state index is 11.1. The first-order chi connectivity index (χ1) is 6.57. The number of benzene rings is 1. The van der Waals surface area contributed by atoms with Crippen molar-refractivity contribution in [3.05, 3.63) is 39.4 Å². The number of aryl methyl sites for hydroxylation is 1. The summed E-state index contributed by atoms with van der Waals surface area (Å²) in [7, 11) is 0. The molecule has 0 unspecified atom stereocenters. The number of Topliss-reactive ketones (excluding diaryl/α,β-unsaturated/α-hetero) is 1. The topological polar surface area (TPSA) is 60.2 Å². The van der Waals surface area contributed by atoms with Crippen LogP contribution in [0.15, 0.2) is 18.2 Å². The monoisotopic (exact) mass is 193 g/mol. The van der Waals surface area contributed by atoms with Gasteiger partial charge in [-0.05, 0) is 19.4 Å². The number of rotatable bonds is 3. The molecule has 0 aliphatic carbocycles. The third-order valence-electron chi connectivity index (χ3n) is 2.06. The van der Waals surface area contributed by atoms with Crippen LogP contribution in [-0.4, -0.2) is 10.7 Å². The zero-order chi connectivity index (χ0) is 10.7. The highest BCUT2D eigenvalue weighted by Crippen LogP contribution is 2.24. The Bertz CT molecular complexity index is 385. The summed E-state index contributed by atoms with van der Waals surface area (Å²) in [6.07, 6.45) is 0.553. The van der Waals surface area contributed by atoms with Gasteiger partial charge in [0.05, 0.1) is 10.5 Å². The van der Waals surface area contributed by atoms with E-state index in [4.69, 9.17) is 0 Å². The first kappa shape index (κ1) is 10.4. The standard InChI is InChI=1S/C10H11NO3/c1-3-8-5-4-6-9(7(2)12)10(8)11(13)14/h4-6H,3H2,1-2H3. The summed E-state index contributed by atoms with van der Waals surface area (Å²) in [5.41, 5.74) is 0.736. The Balaban J connectivity index is 3.43. The second kappa shape index (κ2) is 4.00. The smallest absolute Gasteiger partial charge is 0.283 e. The highest BCUT2D eigenvalue weighted by molar-refractivity contribution is 5.98. The van der Waals surface area contributed by atoms with E-state index in [0.29, 0.717) is 12.0 Å². The van der Waals surface area contributed by atoms with E-state index in [1.807, 2.05) is 6.92 Å². The normalized spacial score (nSPS) is 9.86. The third-order valence-corrected chi connectivity index (χ3v) is 2.06. The van der Waals surface area contributed by atoms with Crippen LogP contribution in [0, 0.1) is 10.1 Å². The summed E-state index contributed by atoms with van der Waals surface area (Å²) in [4.78, 5) is 21.4. The molecular weight excluding hydrogens is 182 g/mol. The quantitative estimate of drug-likeness (QED) is 0.420. The zero-order valence-electron chi connectivity index (χ0n) is 8.11. The highest BCUT2D eigenvalue weighted by Gasteiger charge is 2.20. The van der Waals surface area contributed by atoms with Gasteiger partial charge in [-0.3, -0.25) is 14.9 Å². The molecule has 0 aliphatic rings. The minimum atomic E-state index is -0.491. The van der Waals surface area contributed by atoms with Crippen LogP contribution >= 0.6 is 0 Å². The van der Waals surface area contributed by atoms with E-state index < -0.39 is 4.92 Å². The largest absolute Gasteiger partial charge is 0.294 e. The number of nitrogens with zero attached hydrogens (tertiary/aromatic N) is 1. The van der Waals surface area contributed by atoms with Crippen molar-refractivity contribution < 1.29 is 9.72 Å². The molecule has 0 fully saturated rings. The number of hydrogen-bond acceptors (Lipinski definition) is 3. The number of ketones is 1. The highest BCUT2D eigenvalue weighted by atomic mass is 16.6. The predicted molar refractivity (Wildman–Crippen MR) is 52.5 cm³/mol. The van der Waals surface area contributed by atoms with Crippen molar-refractivity contribution in [1.82, 2.24) is 0 Å². The van der Waals surface area contributed by atoms with Gasteiger partial charge in [-0.25, -0.2) is 0 Å². The van der Waals surface area contributed by atoms with Crippen LogP contribution in [0.3, 0.4) is 0 Å². The number of nitro groups is 1. The Morgan fingerprint density at radius 3 is 2.57 bits per heavy atom. The van der Waals surface area contributed by atoms with Crippen molar-refractivity contribution in [2.24, 2.45) is 0 Å². The summed E-state index contributed by atoms with van der Waals surface area (Å²) < 4.78 is 0. The van der Waals surface area contributed by atoms with Crippen molar-refractivity contribution in [3.8, 4) is 0 Å². The Labute approximate surface area is 81.7 Å². The number of carbonyl (C=O) groups excluding carboxylic acids is 1. The van der Waals surface area contributed by atoms with E-state index in [-0.39, 0.29) is 17.0 Å². The van der Waals surface area contributed by atoms with Gasteiger partial charge in [-0.2, -0.15) is 0 Å². The Kier molecular flexibility index (Phi) is 2.96. The fraction of sp³-hybridized carbons (Fsp3) is 0.300. The van der Waals surface area contributed by atoms with Crippen LogP contribution in [0.1, 0.15) is 29.8 Å². The second-order valence-electron chi connectivity index (χ2n) is 2.98. The average Bonchev–Trinajstić information content (AvgIpc) is 2.16. The summed E-state index contributed by atoms with van der Waals surface area (Å²) in [5.74, 6) is -0.271. The second-order valence-corrected chi connectivity index (χ2v) is 2.98. The molecule has 0 saturated carbocycles. The molecule has 0 amide bonds. The van der Waals surface area contributed by atoms with Crippen LogP contribution in [-0.2, 0) is 6.42 Å². The van der Waals surface area contributed by atoms with Gasteiger partial charge in [-0.15, -0.1) is 0 Å². The van der Waals surface area contributed by atoms with E-state index in [1.54, 1.807) is 12.1 Å². The molecule has 1 aromatic carbocycles. The molecule has 0 heterocycles. The van der Waals surface area contributed by atoms with E-state index in [2.05, 4.69) is 0 Å². The predicted octanol–water partition coefficient (Wildman–Crippen LogP) is 2.36. The first-order valence-electron chi connectivity index (χ1n) is 4.35. The maximum Gasteiger partial charge on any atom is 0.283 e. The maximum absolute atomic E-state index is 11.1. The van der Waals surface area contributed by atoms with Gasteiger partial charge in [0, 0.05) is 5.56 Å². The van der Waals surface area contributed by atoms with Crippen LogP contribution in [0.25, 0.3) is 0 Å². The molecule has 0 atom stereocenters. The van der Waals surface area contributed by atoms with Crippen molar-refractivity contribution in [1.29, 1.82) is 0 Å². The molecule has 0 aliphatic heterocycles. The van der Waals surface area contributed by atoms with Crippen LogP contribution in [0.4, 0.5) is 5.69 Å². The van der Waals surface area contributed by atoms with E-state index in [9.17, 15) is 14.9 Å². The summed E-state index contributed by atoms with van der Waals surface area (Å²) in [5, 5.41) is 10.8. The minimum Gasteiger partial charge on any atom is -0.294 e. The van der Waals surface area contributed by atoms with Crippen LogP contribution in [0.5, 0.6) is 0 Å². The molecule has 1 aromatic rings. The molecule has 0 saturated heterocycles. The number of hydrogen-bond donors (Lipinski definition) is 0. The van der Waals surface area contributed by atoms with Gasteiger partial charge in [0.25, 0.3) is 5.69 Å². The van der Waals surface area contributed by atoms with Gasteiger partial charge in [-0.1, -0.05) is 19.1 Å².